The van der Waals surface area contributed by atoms with Gasteiger partial charge in [0.2, 0.25) is 5.88 Å². The molecule has 3 heterocycles. The van der Waals surface area contributed by atoms with Crippen molar-refractivity contribution in [1.29, 1.82) is 0 Å². The van der Waals surface area contributed by atoms with E-state index in [1.54, 1.807) is 13.3 Å². The maximum Gasteiger partial charge on any atom is 0.326 e. The molecule has 9 nitrogen and oxygen atoms in total. The number of aromatic nitrogens is 2. The highest BCUT2D eigenvalue weighted by molar-refractivity contribution is 6.30. The number of nitrogens with zero attached hydrogens (tertiary/aromatic N) is 6. The molecule has 246 valence electrons. The number of urea groups is 1. The Morgan fingerprint density at radius 3 is 2.07 bits per heavy atom. The minimum absolute atomic E-state index is 0.150. The number of piperazine rings is 1. The van der Waals surface area contributed by atoms with Crippen molar-refractivity contribution in [3.8, 4) is 5.88 Å². The number of benzene rings is 2. The Morgan fingerprint density at radius 1 is 0.935 bits per heavy atom. The zero-order valence-corrected chi connectivity index (χ0v) is 29.3. The zero-order chi connectivity index (χ0) is 33.3. The zero-order valence-electron chi connectivity index (χ0n) is 27.8. The number of aliphatic imine (C=N–C) groups is 1. The van der Waals surface area contributed by atoms with Crippen molar-refractivity contribution >= 4 is 35.1 Å². The Labute approximate surface area is 282 Å². The first-order chi connectivity index (χ1) is 21.8. The molecule has 2 aromatic carbocycles. The van der Waals surface area contributed by atoms with Crippen LogP contribution in [0, 0.1) is 0 Å². The maximum atomic E-state index is 15.0. The molecule has 0 spiro atoms. The van der Waals surface area contributed by atoms with Gasteiger partial charge in [-0.15, -0.1) is 0 Å². The molecule has 11 heteroatoms. The van der Waals surface area contributed by atoms with Crippen LogP contribution < -0.4 is 4.74 Å². The third-order valence-corrected chi connectivity index (χ3v) is 9.65. The molecule has 2 aliphatic heterocycles. The number of carbonyl (C=O) groups excluding carboxylic acids is 1. The van der Waals surface area contributed by atoms with Crippen molar-refractivity contribution in [2.45, 2.75) is 58.0 Å². The van der Waals surface area contributed by atoms with Crippen LogP contribution in [0.1, 0.15) is 64.1 Å². The summed E-state index contributed by atoms with van der Waals surface area (Å²) in [5.41, 5.74) is 0.0668. The Kier molecular flexibility index (Phi) is 9.99. The molecule has 5 rings (SSSR count). The fraction of sp³-hybridized carbons (Fsp3) is 0.486. The molecule has 0 aliphatic carbocycles. The molecule has 0 unspecified atom stereocenters. The summed E-state index contributed by atoms with van der Waals surface area (Å²) in [7, 11) is 1.71. The topological polar surface area (TPSA) is 83.4 Å². The first-order valence-electron chi connectivity index (χ1n) is 15.8. The summed E-state index contributed by atoms with van der Waals surface area (Å²) in [4.78, 5) is 36.2. The van der Waals surface area contributed by atoms with Crippen LogP contribution in [0.3, 0.4) is 0 Å². The highest BCUT2D eigenvalue weighted by atomic mass is 35.5. The number of hydrogen-bond acceptors (Lipinski definition) is 7. The smallest absolute Gasteiger partial charge is 0.326 e. The number of halogens is 2. The summed E-state index contributed by atoms with van der Waals surface area (Å²) < 4.78 is 11.4. The molecular formula is C35H44Cl2N6O3. The molecule has 2 atom stereocenters. The molecule has 3 aromatic rings. The van der Waals surface area contributed by atoms with Gasteiger partial charge in [-0.1, -0.05) is 68.2 Å². The normalized spacial score (nSPS) is 22.2. The number of ether oxygens (including phenoxy) is 2. The van der Waals surface area contributed by atoms with Gasteiger partial charge in [0.15, 0.2) is 0 Å². The SMILES string of the molecule is CCOc1nc(C(C)(C)C)ncc1C1=N[C@@](C)(c2ccc(Cl)cc2)[C@@](C)(c2ccc(Cl)cc2)N1C(=O)N1CCN(CCOC)CC1. The minimum Gasteiger partial charge on any atom is -0.477 e. The van der Waals surface area contributed by atoms with Gasteiger partial charge < -0.3 is 14.4 Å². The number of hydrogen-bond donors (Lipinski definition) is 0. The Bertz CT molecular complexity index is 1570. The van der Waals surface area contributed by atoms with Crippen LogP contribution >= 0.6 is 23.2 Å². The molecule has 0 saturated carbocycles. The fourth-order valence-electron chi connectivity index (χ4n) is 6.22. The Hall–Kier alpha value is -3.24. The predicted octanol–water partition coefficient (Wildman–Crippen LogP) is 6.76. The second kappa shape index (κ2) is 13.5. The summed E-state index contributed by atoms with van der Waals surface area (Å²) in [5.74, 6) is 1.48. The Balaban J connectivity index is 1.72. The quantitative estimate of drug-likeness (QED) is 0.264. The molecule has 1 saturated heterocycles. The number of methoxy groups -OCH3 is 1. The van der Waals surface area contributed by atoms with Gasteiger partial charge in [-0.3, -0.25) is 14.8 Å². The van der Waals surface area contributed by atoms with Gasteiger partial charge >= 0.3 is 6.03 Å². The molecule has 2 amide bonds. The standard InChI is InChI=1S/C35H44Cl2N6O3/c1-8-46-30-28(23-38-31(39-30)33(2,3)4)29-40-34(5,24-9-13-26(36)14-10-24)35(6,25-11-15-27(37)16-12-25)43(29)32(44)42-19-17-41(18-20-42)21-22-45-7/h9-16,23H,8,17-22H2,1-7H3/t34-,35+/m0/s1. The van der Waals surface area contributed by atoms with E-state index in [1.807, 2.05) is 65.3 Å². The van der Waals surface area contributed by atoms with E-state index < -0.39 is 11.1 Å². The van der Waals surface area contributed by atoms with Gasteiger partial charge in [0.05, 0.1) is 18.8 Å². The van der Waals surface area contributed by atoms with Crippen molar-refractivity contribution in [3.63, 3.8) is 0 Å². The highest BCUT2D eigenvalue weighted by Gasteiger charge is 2.60. The monoisotopic (exact) mass is 666 g/mol. The van der Waals surface area contributed by atoms with E-state index in [1.165, 1.54) is 0 Å². The minimum atomic E-state index is -1.00. The number of carbonyl (C=O) groups is 1. The largest absolute Gasteiger partial charge is 0.477 e. The van der Waals surface area contributed by atoms with Gasteiger partial charge in [0, 0.05) is 61.5 Å². The second-order valence-corrected chi connectivity index (χ2v) is 14.0. The lowest BCUT2D eigenvalue weighted by Gasteiger charge is -2.47. The second-order valence-electron chi connectivity index (χ2n) is 13.1. The highest BCUT2D eigenvalue weighted by Crippen LogP contribution is 2.54. The van der Waals surface area contributed by atoms with Gasteiger partial charge in [-0.25, -0.2) is 9.78 Å². The summed E-state index contributed by atoms with van der Waals surface area (Å²) >= 11 is 12.8. The molecule has 1 aromatic heterocycles. The average Bonchev–Trinajstić information content (AvgIpc) is 3.28. The van der Waals surface area contributed by atoms with Gasteiger partial charge in [-0.05, 0) is 56.2 Å². The summed E-state index contributed by atoms with van der Waals surface area (Å²) in [6.45, 7) is 16.7. The van der Waals surface area contributed by atoms with E-state index >= 15 is 4.79 Å². The average molecular weight is 668 g/mol. The van der Waals surface area contributed by atoms with Crippen LogP contribution in [-0.2, 0) is 21.2 Å². The van der Waals surface area contributed by atoms with E-state index in [0.717, 1.165) is 30.8 Å². The van der Waals surface area contributed by atoms with Crippen molar-refractivity contribution in [3.05, 3.63) is 87.3 Å². The number of rotatable bonds is 8. The molecule has 0 N–H and O–H groups in total. The van der Waals surface area contributed by atoms with E-state index in [9.17, 15) is 0 Å². The number of amides is 2. The lowest BCUT2D eigenvalue weighted by atomic mass is 9.71. The summed E-state index contributed by atoms with van der Waals surface area (Å²) in [5, 5.41) is 1.22. The lowest BCUT2D eigenvalue weighted by Crippen LogP contribution is -2.60. The summed E-state index contributed by atoms with van der Waals surface area (Å²) in [6.07, 6.45) is 1.75. The van der Waals surface area contributed by atoms with Crippen molar-refractivity contribution < 1.29 is 14.3 Å². The molecular weight excluding hydrogens is 623 g/mol. The molecule has 1 fully saturated rings. The third-order valence-electron chi connectivity index (χ3n) is 9.14. The molecule has 0 radical (unpaired) electrons. The van der Waals surface area contributed by atoms with Crippen LogP contribution in [0.2, 0.25) is 10.0 Å². The van der Waals surface area contributed by atoms with Crippen molar-refractivity contribution in [2.24, 2.45) is 4.99 Å². The maximum absolute atomic E-state index is 15.0. The van der Waals surface area contributed by atoms with Crippen LogP contribution in [0.25, 0.3) is 0 Å². The van der Waals surface area contributed by atoms with E-state index in [2.05, 4.69) is 39.5 Å². The van der Waals surface area contributed by atoms with Crippen molar-refractivity contribution in [2.75, 3.05) is 53.0 Å². The van der Waals surface area contributed by atoms with Crippen molar-refractivity contribution in [1.82, 2.24) is 24.7 Å². The fourth-order valence-corrected chi connectivity index (χ4v) is 6.47. The van der Waals surface area contributed by atoms with Crippen LogP contribution in [0.15, 0.2) is 59.7 Å². The first kappa shape index (κ1) is 34.1. The van der Waals surface area contributed by atoms with Crippen LogP contribution in [0.4, 0.5) is 4.79 Å². The van der Waals surface area contributed by atoms with E-state index in [-0.39, 0.29) is 11.4 Å². The number of amidine groups is 1. The molecule has 2 aliphatic rings. The predicted molar refractivity (Wildman–Crippen MR) is 183 cm³/mol. The van der Waals surface area contributed by atoms with Crippen LogP contribution in [0.5, 0.6) is 5.88 Å². The summed E-state index contributed by atoms with van der Waals surface area (Å²) in [6, 6.07) is 15.2. The molecule has 0 bridgehead atoms. The van der Waals surface area contributed by atoms with Crippen LogP contribution in [-0.4, -0.2) is 89.6 Å². The van der Waals surface area contributed by atoms with Gasteiger partial charge in [0.25, 0.3) is 0 Å². The lowest BCUT2D eigenvalue weighted by molar-refractivity contribution is 0.0771. The third kappa shape index (κ3) is 6.35. The van der Waals surface area contributed by atoms with E-state index in [4.69, 9.17) is 47.6 Å². The van der Waals surface area contributed by atoms with Gasteiger partial charge in [-0.2, -0.15) is 4.98 Å². The Morgan fingerprint density at radius 2 is 1.52 bits per heavy atom. The van der Waals surface area contributed by atoms with E-state index in [0.29, 0.717) is 59.5 Å². The first-order valence-corrected chi connectivity index (χ1v) is 16.5. The molecule has 46 heavy (non-hydrogen) atoms. The van der Waals surface area contributed by atoms with Gasteiger partial charge in [0.1, 0.15) is 22.7 Å².